The highest BCUT2D eigenvalue weighted by molar-refractivity contribution is 7.99. The Bertz CT molecular complexity index is 430. The van der Waals surface area contributed by atoms with E-state index in [4.69, 9.17) is 38.9 Å². The Balaban J connectivity index is 2.36. The fraction of sp³-hybridized carbons (Fsp3) is 0.364. The van der Waals surface area contributed by atoms with E-state index in [9.17, 15) is 0 Å². The molecule has 1 aromatic carbocycles. The fourth-order valence-corrected chi connectivity index (χ4v) is 2.46. The summed E-state index contributed by atoms with van der Waals surface area (Å²) in [6.45, 7) is 2.18. The summed E-state index contributed by atoms with van der Waals surface area (Å²) >= 11 is 13.4. The summed E-state index contributed by atoms with van der Waals surface area (Å²) in [5.41, 5.74) is 5.38. The number of nitrogens with zero attached hydrogens (tertiary/aromatic N) is 1. The molecule has 0 bridgehead atoms. The lowest BCUT2D eigenvalue weighted by Gasteiger charge is -2.11. The van der Waals surface area contributed by atoms with Crippen molar-refractivity contribution in [3.63, 3.8) is 0 Å². The van der Waals surface area contributed by atoms with Crippen LogP contribution in [0.2, 0.25) is 10.0 Å². The van der Waals surface area contributed by atoms with Gasteiger partial charge in [-0.2, -0.15) is 0 Å². The Kier molecular flexibility index (Phi) is 6.63. The number of halogens is 2. The molecule has 1 aromatic rings. The molecule has 1 rings (SSSR count). The molecule has 0 saturated heterocycles. The van der Waals surface area contributed by atoms with Crippen LogP contribution in [0.5, 0.6) is 0 Å². The van der Waals surface area contributed by atoms with Crippen LogP contribution in [0, 0.1) is 0 Å². The van der Waals surface area contributed by atoms with E-state index in [2.05, 4.69) is 5.16 Å². The molecule has 0 aromatic heterocycles. The summed E-state index contributed by atoms with van der Waals surface area (Å²) < 4.78 is 5.37. The lowest BCUT2D eigenvalue weighted by atomic mass is 10.4. The molecule has 4 nitrogen and oxygen atoms in total. The number of hydrogen-bond acceptors (Lipinski definition) is 4. The van der Waals surface area contributed by atoms with Crippen LogP contribution in [0.4, 0.5) is 0 Å². The second kappa shape index (κ2) is 7.74. The molecule has 0 saturated carbocycles. The van der Waals surface area contributed by atoms with E-state index in [1.165, 1.54) is 11.8 Å². The topological polar surface area (TPSA) is 67.8 Å². The molecule has 1 atom stereocenters. The third kappa shape index (κ3) is 4.94. The predicted molar refractivity (Wildman–Crippen MR) is 76.0 cm³/mol. The van der Waals surface area contributed by atoms with E-state index < -0.39 is 6.10 Å². The third-order valence-electron chi connectivity index (χ3n) is 2.13. The van der Waals surface area contributed by atoms with Gasteiger partial charge in [0.2, 0.25) is 0 Å². The van der Waals surface area contributed by atoms with Crippen LogP contribution < -0.4 is 5.73 Å². The van der Waals surface area contributed by atoms with Crippen molar-refractivity contribution in [1.82, 2.24) is 0 Å². The first-order valence-corrected chi connectivity index (χ1v) is 6.95. The Morgan fingerprint density at radius 3 is 2.94 bits per heavy atom. The molecule has 7 heteroatoms. The van der Waals surface area contributed by atoms with Crippen LogP contribution in [0.3, 0.4) is 0 Å². The van der Waals surface area contributed by atoms with Gasteiger partial charge in [-0.15, -0.1) is 11.8 Å². The van der Waals surface area contributed by atoms with Crippen molar-refractivity contribution in [2.45, 2.75) is 17.9 Å². The van der Waals surface area contributed by atoms with Crippen molar-refractivity contribution in [3.05, 3.63) is 28.2 Å². The predicted octanol–water partition coefficient (Wildman–Crippen LogP) is 3.24. The zero-order chi connectivity index (χ0) is 13.5. The summed E-state index contributed by atoms with van der Waals surface area (Å²) in [6, 6.07) is 5.30. The number of ether oxygens (including phenoxy) is 1. The SMILES string of the molecule is CC(OCCSc1cc(Cl)ccc1Cl)/C(N)=N/O. The number of hydrogen-bond donors (Lipinski definition) is 2. The standard InChI is InChI=1S/C11H14Cl2N2O2S/c1-7(11(14)15-16)17-4-5-18-10-6-8(12)2-3-9(10)13/h2-3,6-7,16H,4-5H2,1H3,(H2,14,15). The zero-order valence-electron chi connectivity index (χ0n) is 9.77. The van der Waals surface area contributed by atoms with Gasteiger partial charge in [0.1, 0.15) is 6.10 Å². The van der Waals surface area contributed by atoms with E-state index in [1.807, 2.05) is 6.07 Å². The first-order chi connectivity index (χ1) is 8.54. The molecule has 0 heterocycles. The summed E-state index contributed by atoms with van der Waals surface area (Å²) in [4.78, 5) is 0.907. The third-order valence-corrected chi connectivity index (χ3v) is 3.83. The number of nitrogens with two attached hydrogens (primary N) is 1. The number of amidine groups is 1. The number of thioether (sulfide) groups is 1. The fourth-order valence-electron chi connectivity index (χ4n) is 1.13. The van der Waals surface area contributed by atoms with Crippen molar-refractivity contribution in [3.8, 4) is 0 Å². The molecule has 0 aliphatic rings. The smallest absolute Gasteiger partial charge is 0.168 e. The van der Waals surface area contributed by atoms with Crippen LogP contribution in [-0.4, -0.2) is 29.5 Å². The molecular formula is C11H14Cl2N2O2S. The molecule has 0 fully saturated rings. The molecule has 0 amide bonds. The van der Waals surface area contributed by atoms with Crippen molar-refractivity contribution in [1.29, 1.82) is 0 Å². The molecular weight excluding hydrogens is 295 g/mol. The Hall–Kier alpha value is -0.620. The minimum Gasteiger partial charge on any atom is -0.409 e. The molecule has 0 spiro atoms. The van der Waals surface area contributed by atoms with E-state index in [-0.39, 0.29) is 5.84 Å². The molecule has 0 aliphatic carbocycles. The lowest BCUT2D eigenvalue weighted by Crippen LogP contribution is -2.29. The molecule has 18 heavy (non-hydrogen) atoms. The Morgan fingerprint density at radius 1 is 1.56 bits per heavy atom. The largest absolute Gasteiger partial charge is 0.409 e. The minimum absolute atomic E-state index is 0.0563. The quantitative estimate of drug-likeness (QED) is 0.211. The highest BCUT2D eigenvalue weighted by Crippen LogP contribution is 2.29. The van der Waals surface area contributed by atoms with Crippen LogP contribution >= 0.6 is 35.0 Å². The zero-order valence-corrected chi connectivity index (χ0v) is 12.1. The highest BCUT2D eigenvalue weighted by atomic mass is 35.5. The molecule has 0 radical (unpaired) electrons. The molecule has 1 unspecified atom stereocenters. The normalized spacial score (nSPS) is 13.6. The van der Waals surface area contributed by atoms with Crippen LogP contribution in [0.1, 0.15) is 6.92 Å². The van der Waals surface area contributed by atoms with Crippen molar-refractivity contribution in [2.75, 3.05) is 12.4 Å². The molecule has 100 valence electrons. The van der Waals surface area contributed by atoms with Crippen molar-refractivity contribution < 1.29 is 9.94 Å². The van der Waals surface area contributed by atoms with Gasteiger partial charge in [-0.25, -0.2) is 0 Å². The minimum atomic E-state index is -0.412. The average Bonchev–Trinajstić information content (AvgIpc) is 2.37. The summed E-state index contributed by atoms with van der Waals surface area (Å²) in [6.07, 6.45) is -0.412. The summed E-state index contributed by atoms with van der Waals surface area (Å²) in [7, 11) is 0. The molecule has 3 N–H and O–H groups in total. The van der Waals surface area contributed by atoms with Gasteiger partial charge >= 0.3 is 0 Å². The average molecular weight is 309 g/mol. The first kappa shape index (κ1) is 15.4. The van der Waals surface area contributed by atoms with E-state index in [1.54, 1.807) is 19.1 Å². The molecule has 0 aliphatic heterocycles. The van der Waals surface area contributed by atoms with Gasteiger partial charge in [0.15, 0.2) is 5.84 Å². The van der Waals surface area contributed by atoms with Crippen LogP contribution in [0.15, 0.2) is 28.3 Å². The van der Waals surface area contributed by atoms with E-state index in [0.717, 1.165) is 4.90 Å². The van der Waals surface area contributed by atoms with Crippen molar-refractivity contribution >= 4 is 40.8 Å². The van der Waals surface area contributed by atoms with Gasteiger partial charge in [-0.3, -0.25) is 0 Å². The van der Waals surface area contributed by atoms with Crippen molar-refractivity contribution in [2.24, 2.45) is 10.9 Å². The van der Waals surface area contributed by atoms with Crippen LogP contribution in [0.25, 0.3) is 0 Å². The van der Waals surface area contributed by atoms with Gasteiger partial charge in [0.25, 0.3) is 0 Å². The number of rotatable bonds is 6. The summed E-state index contributed by atoms with van der Waals surface area (Å²) in [5.74, 6) is 0.754. The van der Waals surface area contributed by atoms with Gasteiger partial charge < -0.3 is 15.7 Å². The highest BCUT2D eigenvalue weighted by Gasteiger charge is 2.08. The van der Waals surface area contributed by atoms with Gasteiger partial charge in [0.05, 0.1) is 11.6 Å². The maximum atomic E-state index is 8.45. The second-order valence-corrected chi connectivity index (χ2v) is 5.44. The maximum Gasteiger partial charge on any atom is 0.168 e. The van der Waals surface area contributed by atoms with Gasteiger partial charge in [0, 0.05) is 15.7 Å². The van der Waals surface area contributed by atoms with E-state index in [0.29, 0.717) is 22.4 Å². The lowest BCUT2D eigenvalue weighted by molar-refractivity contribution is 0.120. The Labute approximate surface area is 120 Å². The number of oxime groups is 1. The second-order valence-electron chi connectivity index (χ2n) is 3.46. The maximum absolute atomic E-state index is 8.45. The number of benzene rings is 1. The Morgan fingerprint density at radius 2 is 2.28 bits per heavy atom. The first-order valence-electron chi connectivity index (χ1n) is 5.21. The van der Waals surface area contributed by atoms with Crippen LogP contribution in [-0.2, 0) is 4.74 Å². The summed E-state index contributed by atoms with van der Waals surface area (Å²) in [5, 5.41) is 12.6. The van der Waals surface area contributed by atoms with Gasteiger partial charge in [-0.1, -0.05) is 28.4 Å². The van der Waals surface area contributed by atoms with E-state index >= 15 is 0 Å². The van der Waals surface area contributed by atoms with Gasteiger partial charge in [-0.05, 0) is 25.1 Å². The monoisotopic (exact) mass is 308 g/mol.